The molecule has 5 heteroatoms. The Balaban J connectivity index is 1.82. The normalized spacial score (nSPS) is 24.1. The van der Waals surface area contributed by atoms with Crippen molar-refractivity contribution in [3.05, 3.63) is 59.2 Å². The van der Waals surface area contributed by atoms with Crippen LogP contribution in [0.1, 0.15) is 24.0 Å². The van der Waals surface area contributed by atoms with E-state index in [1.165, 1.54) is 6.07 Å². The van der Waals surface area contributed by atoms with Crippen LogP contribution in [-0.4, -0.2) is 25.5 Å². The van der Waals surface area contributed by atoms with Crippen LogP contribution in [-0.2, 0) is 5.41 Å². The van der Waals surface area contributed by atoms with Crippen LogP contribution in [0.3, 0.4) is 0 Å². The van der Waals surface area contributed by atoms with Gasteiger partial charge in [-0.15, -0.1) is 0 Å². The van der Waals surface area contributed by atoms with Crippen molar-refractivity contribution in [3.8, 4) is 5.75 Å². The number of halogens is 2. The lowest BCUT2D eigenvalue weighted by Gasteiger charge is -2.26. The van der Waals surface area contributed by atoms with Crippen molar-refractivity contribution in [2.24, 2.45) is 4.99 Å². The van der Waals surface area contributed by atoms with E-state index in [1.807, 2.05) is 18.2 Å². The summed E-state index contributed by atoms with van der Waals surface area (Å²) in [5.74, 6) is -0.399. The summed E-state index contributed by atoms with van der Waals surface area (Å²) in [6.45, 7) is 1.97. The summed E-state index contributed by atoms with van der Waals surface area (Å²) in [6, 6.07) is 10.5. The van der Waals surface area contributed by atoms with E-state index < -0.39 is 17.0 Å². The molecule has 0 bridgehead atoms. The summed E-state index contributed by atoms with van der Waals surface area (Å²) >= 11 is 0. The average molecular weight is 326 g/mol. The molecule has 2 aromatic rings. The molecule has 0 aliphatic carbocycles. The number of hydrogen-bond acceptors (Lipinski definition) is 3. The van der Waals surface area contributed by atoms with Crippen LogP contribution in [0.2, 0.25) is 0 Å². The predicted molar refractivity (Wildman–Crippen MR) is 88.0 cm³/mol. The molecule has 24 heavy (non-hydrogen) atoms. The van der Waals surface area contributed by atoms with Gasteiger partial charge in [0, 0.05) is 30.4 Å². The van der Waals surface area contributed by atoms with Gasteiger partial charge < -0.3 is 9.64 Å². The largest absolute Gasteiger partial charge is 0.491 e. The van der Waals surface area contributed by atoms with Crippen molar-refractivity contribution in [1.82, 2.24) is 0 Å². The summed E-state index contributed by atoms with van der Waals surface area (Å²) in [5, 5.41) is 0. The number of ether oxygens (including phenoxy) is 1. The maximum absolute atomic E-state index is 14.0. The molecule has 2 aromatic carbocycles. The number of rotatable bonds is 0. The fourth-order valence-electron chi connectivity index (χ4n) is 4.20. The molecule has 3 heterocycles. The number of anilines is 1. The first-order valence-electron chi connectivity index (χ1n) is 8.26. The Kier molecular flexibility index (Phi) is 2.78. The van der Waals surface area contributed by atoms with Crippen molar-refractivity contribution in [1.29, 1.82) is 0 Å². The average Bonchev–Trinajstić information content (AvgIpc) is 2.94. The Morgan fingerprint density at radius 1 is 1.04 bits per heavy atom. The Morgan fingerprint density at radius 3 is 2.79 bits per heavy atom. The highest BCUT2D eigenvalue weighted by Gasteiger charge is 2.55. The minimum atomic E-state index is -0.878. The summed E-state index contributed by atoms with van der Waals surface area (Å²) in [7, 11) is 0. The predicted octanol–water partition coefficient (Wildman–Crippen LogP) is 3.66. The maximum atomic E-state index is 14.0. The van der Waals surface area contributed by atoms with E-state index in [0.717, 1.165) is 49.1 Å². The number of hydrogen-bond donors (Lipinski definition) is 0. The van der Waals surface area contributed by atoms with E-state index >= 15 is 0 Å². The Labute approximate surface area is 138 Å². The summed E-state index contributed by atoms with van der Waals surface area (Å²) in [5.41, 5.74) is 2.21. The highest BCUT2D eigenvalue weighted by atomic mass is 19.2. The topological polar surface area (TPSA) is 24.8 Å². The molecule has 0 aromatic heterocycles. The Morgan fingerprint density at radius 2 is 1.88 bits per heavy atom. The molecule has 0 fully saturated rings. The van der Waals surface area contributed by atoms with Crippen molar-refractivity contribution in [3.63, 3.8) is 0 Å². The van der Waals surface area contributed by atoms with Crippen LogP contribution < -0.4 is 9.64 Å². The zero-order valence-corrected chi connectivity index (χ0v) is 13.1. The first-order chi connectivity index (χ1) is 11.7. The highest BCUT2D eigenvalue weighted by Crippen LogP contribution is 2.53. The van der Waals surface area contributed by atoms with Crippen LogP contribution in [0.4, 0.5) is 14.5 Å². The van der Waals surface area contributed by atoms with E-state index in [2.05, 4.69) is 11.0 Å². The summed E-state index contributed by atoms with van der Waals surface area (Å²) < 4.78 is 33.5. The molecule has 0 N–H and O–H groups in total. The van der Waals surface area contributed by atoms with Crippen molar-refractivity contribution in [2.45, 2.75) is 18.3 Å². The molecule has 0 saturated heterocycles. The highest BCUT2D eigenvalue weighted by molar-refractivity contribution is 6.14. The number of benzene rings is 2. The van der Waals surface area contributed by atoms with Crippen LogP contribution >= 0.6 is 0 Å². The lowest BCUT2D eigenvalue weighted by Crippen LogP contribution is -2.42. The fourth-order valence-corrected chi connectivity index (χ4v) is 4.20. The number of fused-ring (bicyclic) bond motifs is 7. The number of amidine groups is 1. The van der Waals surface area contributed by atoms with Crippen LogP contribution in [0.5, 0.6) is 5.75 Å². The molecular weight excluding hydrogens is 310 g/mol. The van der Waals surface area contributed by atoms with Gasteiger partial charge in [0.25, 0.3) is 0 Å². The molecule has 3 nitrogen and oxygen atoms in total. The molecule has 1 spiro atoms. The Bertz CT molecular complexity index is 880. The van der Waals surface area contributed by atoms with Gasteiger partial charge in [-0.25, -0.2) is 8.78 Å². The van der Waals surface area contributed by atoms with Gasteiger partial charge in [-0.2, -0.15) is 0 Å². The molecule has 5 rings (SSSR count). The van der Waals surface area contributed by atoms with E-state index in [4.69, 9.17) is 9.73 Å². The van der Waals surface area contributed by atoms with Gasteiger partial charge in [-0.1, -0.05) is 18.2 Å². The van der Waals surface area contributed by atoms with Crippen LogP contribution in [0, 0.1) is 11.6 Å². The van der Waals surface area contributed by atoms with E-state index in [1.54, 1.807) is 0 Å². The van der Waals surface area contributed by atoms with Crippen LogP contribution in [0.25, 0.3) is 0 Å². The second kappa shape index (κ2) is 4.79. The number of nitrogens with zero attached hydrogens (tertiary/aromatic N) is 2. The lowest BCUT2D eigenvalue weighted by molar-refractivity contribution is 0.324. The van der Waals surface area contributed by atoms with Gasteiger partial charge in [-0.05, 0) is 30.5 Å². The van der Waals surface area contributed by atoms with E-state index in [0.29, 0.717) is 17.9 Å². The second-order valence-corrected chi connectivity index (χ2v) is 6.54. The minimum absolute atomic E-state index is 0.331. The monoisotopic (exact) mass is 326 g/mol. The SMILES string of the molecule is Fc1cc2c(cc1F)C1(CO2)C2=NCCCCN2c2ccccc21. The van der Waals surface area contributed by atoms with Crippen molar-refractivity contribution in [2.75, 3.05) is 24.6 Å². The first-order valence-corrected chi connectivity index (χ1v) is 8.26. The van der Waals surface area contributed by atoms with Gasteiger partial charge >= 0.3 is 0 Å². The molecule has 122 valence electrons. The Hall–Kier alpha value is -2.43. The van der Waals surface area contributed by atoms with E-state index in [9.17, 15) is 8.78 Å². The quantitative estimate of drug-likeness (QED) is 0.738. The number of aliphatic imine (C=N–C) groups is 1. The van der Waals surface area contributed by atoms with Gasteiger partial charge in [0.2, 0.25) is 0 Å². The van der Waals surface area contributed by atoms with Gasteiger partial charge in [-0.3, -0.25) is 4.99 Å². The third-order valence-electron chi connectivity index (χ3n) is 5.27. The second-order valence-electron chi connectivity index (χ2n) is 6.54. The zero-order valence-electron chi connectivity index (χ0n) is 13.1. The smallest absolute Gasteiger partial charge is 0.162 e. The number of para-hydroxylation sites is 1. The molecule has 0 amide bonds. The van der Waals surface area contributed by atoms with Crippen LogP contribution in [0.15, 0.2) is 41.4 Å². The minimum Gasteiger partial charge on any atom is -0.491 e. The van der Waals surface area contributed by atoms with Gasteiger partial charge in [0.15, 0.2) is 11.6 Å². The molecular formula is C19H16F2N2O. The van der Waals surface area contributed by atoms with Gasteiger partial charge in [0.05, 0.1) is 0 Å². The standard InChI is InChI=1S/C19H16F2N2O/c20-14-9-13-17(10-15(14)21)24-11-19(13)12-5-1-2-6-16(12)23-8-4-3-7-22-18(19)23/h1-2,5-6,9-10H,3-4,7-8,11H2. The first kappa shape index (κ1) is 14.0. The molecule has 0 saturated carbocycles. The summed E-state index contributed by atoms with van der Waals surface area (Å²) in [4.78, 5) is 7.06. The zero-order chi connectivity index (χ0) is 16.3. The molecule has 1 atom stereocenters. The maximum Gasteiger partial charge on any atom is 0.162 e. The fraction of sp³-hybridized carbons (Fsp3) is 0.316. The van der Waals surface area contributed by atoms with Crippen molar-refractivity contribution < 1.29 is 13.5 Å². The third kappa shape index (κ3) is 1.62. The lowest BCUT2D eigenvalue weighted by atomic mass is 9.76. The summed E-state index contributed by atoms with van der Waals surface area (Å²) in [6.07, 6.45) is 2.09. The van der Waals surface area contributed by atoms with Crippen molar-refractivity contribution >= 4 is 11.5 Å². The molecule has 3 aliphatic rings. The molecule has 1 unspecified atom stereocenters. The van der Waals surface area contributed by atoms with E-state index in [-0.39, 0.29) is 0 Å². The van der Waals surface area contributed by atoms with Gasteiger partial charge in [0.1, 0.15) is 23.6 Å². The molecule has 3 aliphatic heterocycles. The molecule has 0 radical (unpaired) electrons. The third-order valence-corrected chi connectivity index (χ3v) is 5.27.